The van der Waals surface area contributed by atoms with E-state index in [1.807, 2.05) is 25.1 Å². The third-order valence-corrected chi connectivity index (χ3v) is 9.47. The zero-order valence-corrected chi connectivity index (χ0v) is 23.6. The van der Waals surface area contributed by atoms with Crippen LogP contribution in [0.4, 0.5) is 5.69 Å². The number of carbonyl (C=O) groups is 3. The number of likely N-dealkylation sites (N-methyl/N-ethyl adjacent to an activating group) is 1. The van der Waals surface area contributed by atoms with Gasteiger partial charge in [-0.1, -0.05) is 6.42 Å². The molecule has 1 aliphatic heterocycles. The number of anilines is 1. The van der Waals surface area contributed by atoms with Gasteiger partial charge in [0.15, 0.2) is 17.2 Å². The van der Waals surface area contributed by atoms with Gasteiger partial charge in [0.05, 0.1) is 11.7 Å². The average molecular weight is 557 g/mol. The molecule has 0 aromatic heterocycles. The van der Waals surface area contributed by atoms with Crippen molar-refractivity contribution in [2.75, 3.05) is 46.2 Å². The second kappa shape index (κ2) is 10.1. The Balaban J connectivity index is 1.66. The molecule has 1 amide bonds. The lowest BCUT2D eigenvalue weighted by Gasteiger charge is -2.53. The maximum atomic E-state index is 14.1. The third-order valence-electron chi connectivity index (χ3n) is 9.47. The Labute approximate surface area is 233 Å². The fraction of sp³-hybridized carbons (Fsp3) is 0.621. The molecule has 40 heavy (non-hydrogen) atoms. The number of nitrogens with two attached hydrogens (primary N) is 1. The van der Waals surface area contributed by atoms with Crippen LogP contribution in [0.2, 0.25) is 0 Å². The van der Waals surface area contributed by atoms with Crippen LogP contribution in [0.25, 0.3) is 0 Å². The highest BCUT2D eigenvalue weighted by molar-refractivity contribution is 6.16. The predicted molar refractivity (Wildman–Crippen MR) is 147 cm³/mol. The van der Waals surface area contributed by atoms with Crippen molar-refractivity contribution in [2.24, 2.45) is 23.5 Å². The van der Waals surface area contributed by atoms with E-state index in [4.69, 9.17) is 5.73 Å². The lowest BCUT2D eigenvalue weighted by atomic mass is 9.56. The number of carbonyl (C=O) groups excluding carboxylic acids is 3. The number of aliphatic hydroxyl groups is 3. The maximum absolute atomic E-state index is 14.1. The molecule has 1 aromatic rings. The van der Waals surface area contributed by atoms with Gasteiger partial charge in [-0.15, -0.1) is 0 Å². The Morgan fingerprint density at radius 2 is 1.77 bits per heavy atom. The number of aromatic hydroxyl groups is 1. The molecule has 2 fully saturated rings. The molecule has 5 rings (SSSR count). The molecule has 0 spiro atoms. The third kappa shape index (κ3) is 4.13. The molecule has 11 heteroatoms. The molecule has 3 unspecified atom stereocenters. The quantitative estimate of drug-likeness (QED) is 0.319. The van der Waals surface area contributed by atoms with E-state index in [0.29, 0.717) is 17.7 Å². The van der Waals surface area contributed by atoms with Crippen molar-refractivity contribution in [2.45, 2.75) is 56.4 Å². The zero-order valence-electron chi connectivity index (χ0n) is 23.6. The first-order chi connectivity index (χ1) is 18.8. The van der Waals surface area contributed by atoms with Gasteiger partial charge in [0, 0.05) is 49.4 Å². The zero-order chi connectivity index (χ0) is 29.3. The van der Waals surface area contributed by atoms with Gasteiger partial charge >= 0.3 is 0 Å². The first-order valence-electron chi connectivity index (χ1n) is 14.0. The van der Waals surface area contributed by atoms with Crippen molar-refractivity contribution < 1.29 is 34.8 Å². The number of phenols is 1. The van der Waals surface area contributed by atoms with Gasteiger partial charge in [-0.05, 0) is 70.4 Å². The number of hydrogen-bond acceptors (Lipinski definition) is 10. The van der Waals surface area contributed by atoms with Crippen LogP contribution in [-0.2, 0) is 22.6 Å². The molecule has 3 aliphatic carbocycles. The largest absolute Gasteiger partial charge is 0.508 e. The summed E-state index contributed by atoms with van der Waals surface area (Å²) < 4.78 is 0. The Hall–Kier alpha value is -2.99. The molecule has 1 aromatic carbocycles. The smallest absolute Gasteiger partial charge is 0.230 e. The fourth-order valence-corrected chi connectivity index (χ4v) is 7.59. The summed E-state index contributed by atoms with van der Waals surface area (Å²) >= 11 is 0. The van der Waals surface area contributed by atoms with E-state index < -0.39 is 58.7 Å². The predicted octanol–water partition coefficient (Wildman–Crippen LogP) is 0.338. The molecule has 1 heterocycles. The van der Waals surface area contributed by atoms with Gasteiger partial charge in [-0.2, -0.15) is 0 Å². The van der Waals surface area contributed by atoms with Crippen molar-refractivity contribution in [1.82, 2.24) is 9.80 Å². The number of likely N-dealkylation sites (tertiary alicyclic amines) is 1. The number of ketones is 2. The van der Waals surface area contributed by atoms with E-state index in [-0.39, 0.29) is 29.7 Å². The van der Waals surface area contributed by atoms with Crippen LogP contribution < -0.4 is 10.6 Å². The Morgan fingerprint density at radius 1 is 1.12 bits per heavy atom. The number of allylic oxidation sites excluding steroid dienone is 1. The second-order valence-corrected chi connectivity index (χ2v) is 12.3. The average Bonchev–Trinajstić information content (AvgIpc) is 2.87. The van der Waals surface area contributed by atoms with Crippen molar-refractivity contribution in [3.05, 3.63) is 34.1 Å². The highest BCUT2D eigenvalue weighted by Crippen LogP contribution is 2.53. The van der Waals surface area contributed by atoms with Gasteiger partial charge in [0.25, 0.3) is 0 Å². The van der Waals surface area contributed by atoms with Crippen LogP contribution in [-0.4, -0.2) is 107 Å². The number of primary amides is 1. The molecule has 11 nitrogen and oxygen atoms in total. The summed E-state index contributed by atoms with van der Waals surface area (Å²) in [5.41, 5.74) is 4.83. The molecule has 6 N–H and O–H groups in total. The summed E-state index contributed by atoms with van der Waals surface area (Å²) in [6, 6.07) is 1.02. The number of Topliss-reactive ketones (excluding diaryl/α,β-unsaturated/α-hetero) is 2. The molecule has 6 atom stereocenters. The number of amides is 1. The summed E-state index contributed by atoms with van der Waals surface area (Å²) in [6.07, 6.45) is 2.17. The first-order valence-corrected chi connectivity index (χ1v) is 14.0. The summed E-state index contributed by atoms with van der Waals surface area (Å²) in [7, 11) is 7.02. The van der Waals surface area contributed by atoms with E-state index in [2.05, 4.69) is 4.90 Å². The summed E-state index contributed by atoms with van der Waals surface area (Å²) in [5.74, 6) is -7.19. The number of fused-ring (bicyclic) bond motifs is 3. The number of nitrogens with zero attached hydrogens (tertiary/aromatic N) is 3. The van der Waals surface area contributed by atoms with Crippen molar-refractivity contribution in [3.8, 4) is 5.75 Å². The minimum atomic E-state index is -2.59. The Kier molecular flexibility index (Phi) is 7.23. The topological polar surface area (TPSA) is 168 Å². The highest BCUT2D eigenvalue weighted by atomic mass is 16.3. The van der Waals surface area contributed by atoms with Crippen LogP contribution in [0.1, 0.15) is 47.2 Å². The Bertz CT molecular complexity index is 1290. The lowest BCUT2D eigenvalue weighted by molar-refractivity contribution is -0.178. The van der Waals surface area contributed by atoms with Crippen molar-refractivity contribution in [1.29, 1.82) is 0 Å². The van der Waals surface area contributed by atoms with E-state index in [1.54, 1.807) is 19.0 Å². The molecule has 1 saturated heterocycles. The van der Waals surface area contributed by atoms with E-state index in [1.165, 1.54) is 0 Å². The summed E-state index contributed by atoms with van der Waals surface area (Å²) in [5, 5.41) is 45.8. The van der Waals surface area contributed by atoms with Gasteiger partial charge in [-0.25, -0.2) is 0 Å². The molecular formula is C29H40N4O7. The van der Waals surface area contributed by atoms with E-state index in [9.17, 15) is 34.8 Å². The fourth-order valence-electron chi connectivity index (χ4n) is 7.59. The van der Waals surface area contributed by atoms with Gasteiger partial charge in [-0.3, -0.25) is 19.3 Å². The summed E-state index contributed by atoms with van der Waals surface area (Å²) in [6.45, 7) is 2.26. The summed E-state index contributed by atoms with van der Waals surface area (Å²) in [4.78, 5) is 45.6. The molecule has 0 bridgehead atoms. The number of rotatable bonds is 5. The first kappa shape index (κ1) is 28.5. The number of benzene rings is 1. The molecule has 4 aliphatic rings. The number of aliphatic hydroxyl groups excluding tert-OH is 2. The standard InChI is InChI=1S/C29H40N4O7/c1-31(2)18-12-15(13-33-8-6-5-7-9-33)23(34)20-16(18)10-14-11-17-22(32(3)4)25(36)21(28(30)39)27(38)29(17,40)26(37)19(14)24(20)35/h12,14,17,21-22,25,34,36-37,40H,5-11,13H2,1-4H3,(H2,30,39)/t14-,17-,21?,22?,25?,29-/m0/s1. The number of hydrogen-bond donors (Lipinski definition) is 5. The minimum absolute atomic E-state index is 0.0666. The lowest BCUT2D eigenvalue weighted by Crippen LogP contribution is -2.71. The SMILES string of the molecule is CN(C)c1cc(CN2CCCCC2)c(O)c2c1C[C@H]1C[C@H]3C(N(C)C)C(O)C(C(N)=O)C(=O)[C@@]3(O)C(O)=C1C2=O. The van der Waals surface area contributed by atoms with Gasteiger partial charge in [0.1, 0.15) is 17.4 Å². The van der Waals surface area contributed by atoms with Crippen LogP contribution in [0, 0.1) is 17.8 Å². The maximum Gasteiger partial charge on any atom is 0.230 e. The van der Waals surface area contributed by atoms with Crippen LogP contribution in [0.5, 0.6) is 5.75 Å². The number of phenolic OH excluding ortho intramolecular Hbond substituents is 1. The van der Waals surface area contributed by atoms with Crippen LogP contribution in [0.3, 0.4) is 0 Å². The van der Waals surface area contributed by atoms with Crippen LogP contribution >= 0.6 is 0 Å². The van der Waals surface area contributed by atoms with Crippen molar-refractivity contribution >= 4 is 23.2 Å². The second-order valence-electron chi connectivity index (χ2n) is 12.3. The molecular weight excluding hydrogens is 516 g/mol. The normalized spacial score (nSPS) is 32.5. The molecule has 1 saturated carbocycles. The number of piperidine rings is 1. The highest BCUT2D eigenvalue weighted by Gasteiger charge is 2.66. The van der Waals surface area contributed by atoms with Crippen molar-refractivity contribution in [3.63, 3.8) is 0 Å². The van der Waals surface area contributed by atoms with Gasteiger partial charge in [0.2, 0.25) is 5.91 Å². The molecule has 0 radical (unpaired) electrons. The monoisotopic (exact) mass is 556 g/mol. The van der Waals surface area contributed by atoms with Crippen LogP contribution in [0.15, 0.2) is 17.4 Å². The molecule has 218 valence electrons. The minimum Gasteiger partial charge on any atom is -0.508 e. The van der Waals surface area contributed by atoms with E-state index in [0.717, 1.165) is 38.0 Å². The van der Waals surface area contributed by atoms with Gasteiger partial charge < -0.3 is 36.0 Å². The Morgan fingerprint density at radius 3 is 2.35 bits per heavy atom. The van der Waals surface area contributed by atoms with E-state index >= 15 is 0 Å².